The number of carbonyl (C=O) groups is 7. The average Bonchev–Trinajstić information content (AvgIpc) is 1.62. The van der Waals surface area contributed by atoms with Crippen LogP contribution < -0.4 is 47.3 Å². The van der Waals surface area contributed by atoms with Gasteiger partial charge in [-0.15, -0.1) is 0 Å². The van der Waals surface area contributed by atoms with E-state index in [9.17, 15) is 43.5 Å². The van der Waals surface area contributed by atoms with Crippen LogP contribution in [0.2, 0.25) is 0 Å². The molecule has 26 heteroatoms. The zero-order valence-electron chi connectivity index (χ0n) is 56.7. The number of fused-ring (bicyclic) bond motifs is 1. The van der Waals surface area contributed by atoms with Gasteiger partial charge in [0.25, 0.3) is 17.7 Å². The van der Waals surface area contributed by atoms with Crippen molar-refractivity contribution in [3.8, 4) is 17.5 Å². The summed E-state index contributed by atoms with van der Waals surface area (Å²) in [5.41, 5.74) is 13.6. The Labute approximate surface area is 563 Å². The highest BCUT2D eigenvalue weighted by molar-refractivity contribution is 6.08. The fourth-order valence-corrected chi connectivity index (χ4v) is 12.2. The summed E-state index contributed by atoms with van der Waals surface area (Å²) in [6, 6.07) is 8.81. The number of nitrogens with two attached hydrogens (primary N) is 2. The van der Waals surface area contributed by atoms with Crippen molar-refractivity contribution in [2.45, 2.75) is 174 Å². The van der Waals surface area contributed by atoms with Crippen molar-refractivity contribution in [3.63, 3.8) is 0 Å². The lowest BCUT2D eigenvalue weighted by molar-refractivity contribution is -0.159. The Hall–Kier alpha value is -7.94. The first-order valence-corrected chi connectivity index (χ1v) is 34.5. The summed E-state index contributed by atoms with van der Waals surface area (Å²) in [4.78, 5) is 117. The predicted molar refractivity (Wildman–Crippen MR) is 362 cm³/mol. The summed E-state index contributed by atoms with van der Waals surface area (Å²) in [6.45, 7) is 9.11. The number of ether oxygens (including phenoxy) is 7. The van der Waals surface area contributed by atoms with Crippen molar-refractivity contribution >= 4 is 64.5 Å². The number of aliphatic carboxylic acids is 1. The van der Waals surface area contributed by atoms with Gasteiger partial charge in [0.2, 0.25) is 11.8 Å². The van der Waals surface area contributed by atoms with Gasteiger partial charge in [0.15, 0.2) is 23.0 Å². The molecule has 2 atom stereocenters. The second kappa shape index (κ2) is 42.6. The van der Waals surface area contributed by atoms with Gasteiger partial charge in [0.05, 0.1) is 66.4 Å². The highest BCUT2D eigenvalue weighted by Crippen LogP contribution is 2.42. The Bertz CT molecular complexity index is 3140. The third kappa shape index (κ3) is 25.9. The third-order valence-electron chi connectivity index (χ3n) is 17.4. The summed E-state index contributed by atoms with van der Waals surface area (Å²) in [7, 11) is 1.44. The number of amides is 5. The van der Waals surface area contributed by atoms with Gasteiger partial charge in [0, 0.05) is 50.8 Å². The number of rotatable bonds is 45. The number of nitrogens with one attached hydrogen (secondary N) is 4. The molecule has 4 aromatic rings. The lowest BCUT2D eigenvalue weighted by Crippen LogP contribution is -2.58. The number of aromatic nitrogens is 4. The molecule has 2 aromatic heterocycles. The van der Waals surface area contributed by atoms with E-state index in [1.807, 2.05) is 6.92 Å². The number of imide groups is 1. The molecular formula is C70H104N10O16. The minimum absolute atomic E-state index is 0.107. The van der Waals surface area contributed by atoms with Gasteiger partial charge in [-0.25, -0.2) is 9.59 Å². The van der Waals surface area contributed by atoms with E-state index in [1.165, 1.54) is 82.0 Å². The summed E-state index contributed by atoms with van der Waals surface area (Å²) < 4.78 is 41.0. The highest BCUT2D eigenvalue weighted by atomic mass is 16.5. The van der Waals surface area contributed by atoms with E-state index in [2.05, 4.69) is 30.9 Å². The van der Waals surface area contributed by atoms with Crippen LogP contribution in [0.15, 0.2) is 53.3 Å². The van der Waals surface area contributed by atoms with Gasteiger partial charge in [-0.1, -0.05) is 110 Å². The summed E-state index contributed by atoms with van der Waals surface area (Å²) in [5.74, 6) is -2.70. The van der Waals surface area contributed by atoms with E-state index in [-0.39, 0.29) is 61.9 Å². The summed E-state index contributed by atoms with van der Waals surface area (Å²) in [5, 5.41) is 18.8. The first-order valence-electron chi connectivity index (χ1n) is 34.5. The first kappa shape index (κ1) is 77.1. The lowest BCUT2D eigenvalue weighted by Gasteiger charge is -2.38. The Morgan fingerprint density at radius 3 is 2.00 bits per heavy atom. The molecule has 9 N–H and O–H groups in total. The van der Waals surface area contributed by atoms with Crippen molar-refractivity contribution < 1.29 is 71.8 Å². The Morgan fingerprint density at radius 2 is 1.38 bits per heavy atom. The van der Waals surface area contributed by atoms with Crippen LogP contribution in [0.1, 0.15) is 177 Å². The summed E-state index contributed by atoms with van der Waals surface area (Å²) >= 11 is 0. The minimum Gasteiger partial charge on any atom is -0.493 e. The van der Waals surface area contributed by atoms with E-state index in [4.69, 9.17) is 44.6 Å². The molecule has 6 rings (SSSR count). The number of methoxy groups -OCH3 is 1. The number of nitrogens with zero attached hydrogens (tertiary/aromatic N) is 4. The maximum Gasteiger partial charge on any atom is 0.328 e. The third-order valence-corrected chi connectivity index (χ3v) is 17.4. The Kier molecular flexibility index (Phi) is 34.2. The molecule has 2 fully saturated rings. The molecule has 0 saturated heterocycles. The molecule has 2 saturated carbocycles. The average molecular weight is 1340 g/mol. The van der Waals surface area contributed by atoms with Gasteiger partial charge in [-0.05, 0) is 117 Å². The fourth-order valence-electron chi connectivity index (χ4n) is 12.2. The Balaban J connectivity index is 0.823. The quantitative estimate of drug-likeness (QED) is 0.0127. The van der Waals surface area contributed by atoms with Gasteiger partial charge < -0.3 is 70.7 Å². The molecule has 5 amide bonds. The molecule has 2 aliphatic carbocycles. The molecule has 96 heavy (non-hydrogen) atoms. The molecule has 0 radical (unpaired) electrons. The number of benzene rings is 2. The number of hydrogen-bond acceptors (Lipinski definition) is 19. The number of carbonyl (C=O) groups excluding carboxylic acids is 6. The van der Waals surface area contributed by atoms with Gasteiger partial charge >= 0.3 is 23.6 Å². The van der Waals surface area contributed by atoms with E-state index in [0.29, 0.717) is 130 Å². The highest BCUT2D eigenvalue weighted by Gasteiger charge is 2.39. The monoisotopic (exact) mass is 1340 g/mol. The maximum atomic E-state index is 14.2. The van der Waals surface area contributed by atoms with E-state index in [0.717, 1.165) is 49.2 Å². The first-order chi connectivity index (χ1) is 46.5. The number of carboxylic acids is 1. The van der Waals surface area contributed by atoms with E-state index in [1.54, 1.807) is 56.3 Å². The normalized spacial score (nSPS) is 14.4. The van der Waals surface area contributed by atoms with Crippen molar-refractivity contribution in [2.75, 3.05) is 91.9 Å². The van der Waals surface area contributed by atoms with Crippen LogP contribution in [-0.2, 0) is 54.3 Å². The number of H-pyrrole nitrogens is 1. The summed E-state index contributed by atoms with van der Waals surface area (Å²) in [6.07, 6.45) is 21.0. The molecule has 26 nitrogen and oxygen atoms in total. The van der Waals surface area contributed by atoms with Crippen molar-refractivity contribution in [1.82, 2.24) is 40.4 Å². The second-order valence-electron chi connectivity index (χ2n) is 25.0. The molecular weight excluding hydrogens is 1240 g/mol. The van der Waals surface area contributed by atoms with Crippen LogP contribution >= 0.6 is 0 Å². The molecule has 530 valence electrons. The lowest BCUT2D eigenvalue weighted by atomic mass is 9.68. The second-order valence-corrected chi connectivity index (χ2v) is 25.0. The molecule has 2 aromatic carbocycles. The standard InChI is InChI=1S/C70H104N10O16/c1-5-6-38-96-69-77-64(72)63-65(78-69)79(70(89)76-63)47-50-24-28-53(29-25-50)66(85)74-35-17-37-92-42-44-93-43-41-91-36-16-34-73-58(81)23-15-40-94-56-31-26-49(45-57(56)90-4)27-32-60(83)80(67(86)62(48(2)3)75-59(82)46-71)55(68(87)88)30-33-61(84)95-39-14-13-22-54(51-18-9-7-10-19-51)52-20-11-8-12-21-52/h24-29,31-32,45,48,51-52,54-55,62H,5-23,30,33-44,46-47,71H2,1-4H3,(H,73,81)(H,74,85)(H,75,82)(H,76,89)(H,87,88)(H2,72,77,78)/b32-27+/t55-,62-/m1/s1. The van der Waals surface area contributed by atoms with Crippen LogP contribution in [0.5, 0.6) is 17.5 Å². The molecule has 0 bridgehead atoms. The molecule has 0 unspecified atom stereocenters. The van der Waals surface area contributed by atoms with Gasteiger partial charge in [-0.2, -0.15) is 9.97 Å². The van der Waals surface area contributed by atoms with Crippen LogP contribution in [0.25, 0.3) is 17.2 Å². The van der Waals surface area contributed by atoms with Crippen LogP contribution in [-0.4, -0.2) is 169 Å². The van der Waals surface area contributed by atoms with Gasteiger partial charge in [-0.3, -0.25) is 38.2 Å². The van der Waals surface area contributed by atoms with Crippen LogP contribution in [0.3, 0.4) is 0 Å². The minimum atomic E-state index is -1.77. The maximum absolute atomic E-state index is 14.2. The Morgan fingerprint density at radius 1 is 0.729 bits per heavy atom. The van der Waals surface area contributed by atoms with Crippen LogP contribution in [0, 0.1) is 23.7 Å². The zero-order valence-corrected chi connectivity index (χ0v) is 56.7. The topological polar surface area (TPSA) is 359 Å². The number of hydrogen-bond donors (Lipinski definition) is 7. The van der Waals surface area contributed by atoms with E-state index < -0.39 is 60.6 Å². The smallest absolute Gasteiger partial charge is 0.328 e. The zero-order chi connectivity index (χ0) is 69.0. The van der Waals surface area contributed by atoms with Crippen molar-refractivity contribution in [2.24, 2.45) is 29.4 Å². The number of nitrogen functional groups attached to an aromatic ring is 1. The number of aromatic amines is 1. The molecule has 2 heterocycles. The van der Waals surface area contributed by atoms with Crippen molar-refractivity contribution in [1.29, 1.82) is 0 Å². The van der Waals surface area contributed by atoms with E-state index >= 15 is 0 Å². The number of esters is 1. The molecule has 0 spiro atoms. The number of imidazole rings is 1. The largest absolute Gasteiger partial charge is 0.493 e. The number of carboxylic acid groups (broad SMARTS) is 1. The van der Waals surface area contributed by atoms with Gasteiger partial charge in [0.1, 0.15) is 17.6 Å². The SMILES string of the molecule is CCCCOc1nc(N)c2[nH]c(=O)n(Cc3ccc(C(=O)NCCCOCCOCCOCCCNC(=O)CCCOc4ccc(/C=C/C(=O)N(C(=O)[C@H](NC(=O)CN)C(C)C)[C@H](CCC(=O)OCCCCC(C5CCCCC5)C5CCCCC5)C(=O)O)cc4OC)cc3)c2n1. The fraction of sp³-hybridized carbons (Fsp3) is 0.629. The number of anilines is 1. The molecule has 2 aliphatic rings. The van der Waals surface area contributed by atoms with Crippen LogP contribution in [0.4, 0.5) is 5.82 Å². The van der Waals surface area contributed by atoms with Crippen molar-refractivity contribution in [3.05, 3.63) is 75.7 Å². The number of unbranched alkanes of at least 4 members (excludes halogenated alkanes) is 2. The predicted octanol–water partition coefficient (Wildman–Crippen LogP) is 7.66. The molecule has 0 aliphatic heterocycles.